The Balaban J connectivity index is 2.24. The fourth-order valence-corrected chi connectivity index (χ4v) is 1.53. The molecule has 0 heterocycles. The Morgan fingerprint density at radius 2 is 2.00 bits per heavy atom. The highest BCUT2D eigenvalue weighted by Crippen LogP contribution is 2.22. The zero-order chi connectivity index (χ0) is 8.97. The van der Waals surface area contributed by atoms with E-state index >= 15 is 0 Å². The minimum atomic E-state index is -0.405. The molecular formula is C9H16O3. The topological polar surface area (TPSA) is 35.5 Å². The van der Waals surface area contributed by atoms with Gasteiger partial charge in [-0.05, 0) is 19.8 Å². The Morgan fingerprint density at radius 1 is 1.42 bits per heavy atom. The van der Waals surface area contributed by atoms with Gasteiger partial charge < -0.3 is 9.47 Å². The third-order valence-corrected chi connectivity index (χ3v) is 2.23. The van der Waals surface area contributed by atoms with Gasteiger partial charge >= 0.3 is 5.97 Å². The van der Waals surface area contributed by atoms with Crippen LogP contribution < -0.4 is 0 Å². The lowest BCUT2D eigenvalue weighted by Crippen LogP contribution is -2.26. The van der Waals surface area contributed by atoms with E-state index < -0.39 is 6.10 Å². The van der Waals surface area contributed by atoms with E-state index in [9.17, 15) is 4.79 Å². The molecule has 0 saturated heterocycles. The van der Waals surface area contributed by atoms with E-state index in [1.54, 1.807) is 6.92 Å². The highest BCUT2D eigenvalue weighted by atomic mass is 16.6. The molecule has 1 saturated carbocycles. The van der Waals surface area contributed by atoms with Crippen molar-refractivity contribution in [2.75, 3.05) is 7.11 Å². The van der Waals surface area contributed by atoms with Gasteiger partial charge in [-0.3, -0.25) is 0 Å². The molecule has 1 fully saturated rings. The largest absolute Gasteiger partial charge is 0.467 e. The van der Waals surface area contributed by atoms with Crippen LogP contribution in [0, 0.1) is 0 Å². The molecule has 1 aliphatic rings. The number of esters is 1. The summed E-state index contributed by atoms with van der Waals surface area (Å²) in [5, 5.41) is 0. The summed E-state index contributed by atoms with van der Waals surface area (Å²) in [5.74, 6) is -0.276. The Labute approximate surface area is 73.0 Å². The van der Waals surface area contributed by atoms with Crippen molar-refractivity contribution in [2.24, 2.45) is 0 Å². The second kappa shape index (κ2) is 4.45. The molecule has 3 nitrogen and oxygen atoms in total. The Morgan fingerprint density at radius 3 is 2.50 bits per heavy atom. The summed E-state index contributed by atoms with van der Waals surface area (Å²) >= 11 is 0. The molecule has 0 N–H and O–H groups in total. The maximum atomic E-state index is 11.0. The van der Waals surface area contributed by atoms with Crippen LogP contribution in [-0.2, 0) is 14.3 Å². The lowest BCUT2D eigenvalue weighted by molar-refractivity contribution is -0.156. The zero-order valence-corrected chi connectivity index (χ0v) is 7.71. The fraction of sp³-hybridized carbons (Fsp3) is 0.889. The van der Waals surface area contributed by atoms with Crippen LogP contribution in [-0.4, -0.2) is 25.3 Å². The average Bonchev–Trinajstić information content (AvgIpc) is 2.55. The smallest absolute Gasteiger partial charge is 0.334 e. The van der Waals surface area contributed by atoms with Crippen LogP contribution in [0.15, 0.2) is 0 Å². The number of carbonyl (C=O) groups excluding carboxylic acids is 1. The van der Waals surface area contributed by atoms with Crippen LogP contribution in [0.3, 0.4) is 0 Å². The lowest BCUT2D eigenvalue weighted by Gasteiger charge is -2.15. The Hall–Kier alpha value is -0.570. The summed E-state index contributed by atoms with van der Waals surface area (Å²) in [6, 6.07) is 0. The van der Waals surface area contributed by atoms with E-state index in [-0.39, 0.29) is 12.1 Å². The third kappa shape index (κ3) is 2.48. The van der Waals surface area contributed by atoms with Crippen molar-refractivity contribution in [3.8, 4) is 0 Å². The van der Waals surface area contributed by atoms with Gasteiger partial charge in [-0.15, -0.1) is 0 Å². The second-order valence-electron chi connectivity index (χ2n) is 3.21. The molecule has 0 aromatic carbocycles. The standard InChI is InChI=1S/C9H16O3/c1-7(9(10)11-2)12-8-5-3-4-6-8/h7-8H,3-6H2,1-2H3/t7-/m0/s1. The van der Waals surface area contributed by atoms with E-state index in [0.29, 0.717) is 0 Å². The molecule has 1 aliphatic carbocycles. The van der Waals surface area contributed by atoms with Gasteiger partial charge in [-0.25, -0.2) is 4.79 Å². The molecule has 0 aromatic rings. The number of hydrogen-bond acceptors (Lipinski definition) is 3. The van der Waals surface area contributed by atoms with Crippen molar-refractivity contribution in [2.45, 2.75) is 44.8 Å². The van der Waals surface area contributed by atoms with E-state index in [1.165, 1.54) is 20.0 Å². The molecule has 0 spiro atoms. The van der Waals surface area contributed by atoms with E-state index in [1.807, 2.05) is 0 Å². The monoisotopic (exact) mass is 172 g/mol. The Bertz CT molecular complexity index is 150. The molecule has 0 amide bonds. The van der Waals surface area contributed by atoms with Crippen LogP contribution in [0.1, 0.15) is 32.6 Å². The maximum absolute atomic E-state index is 11.0. The molecule has 0 bridgehead atoms. The van der Waals surface area contributed by atoms with Gasteiger partial charge in [0.15, 0.2) is 6.10 Å². The summed E-state index contributed by atoms with van der Waals surface area (Å²) in [6.45, 7) is 1.74. The van der Waals surface area contributed by atoms with Crippen molar-refractivity contribution < 1.29 is 14.3 Å². The molecule has 0 unspecified atom stereocenters. The minimum absolute atomic E-state index is 0.276. The first-order valence-electron chi connectivity index (χ1n) is 4.47. The highest BCUT2D eigenvalue weighted by molar-refractivity contribution is 5.73. The van der Waals surface area contributed by atoms with Crippen LogP contribution >= 0.6 is 0 Å². The van der Waals surface area contributed by atoms with Crippen molar-refractivity contribution in [3.05, 3.63) is 0 Å². The first-order chi connectivity index (χ1) is 5.74. The number of carbonyl (C=O) groups is 1. The van der Waals surface area contributed by atoms with Crippen molar-refractivity contribution in [1.29, 1.82) is 0 Å². The molecule has 1 atom stereocenters. The lowest BCUT2D eigenvalue weighted by atomic mass is 10.3. The van der Waals surface area contributed by atoms with Gasteiger partial charge in [0.25, 0.3) is 0 Å². The van der Waals surface area contributed by atoms with E-state index in [4.69, 9.17) is 4.74 Å². The maximum Gasteiger partial charge on any atom is 0.334 e. The number of ether oxygens (including phenoxy) is 2. The molecular weight excluding hydrogens is 156 g/mol. The van der Waals surface area contributed by atoms with E-state index in [2.05, 4.69) is 4.74 Å². The second-order valence-corrected chi connectivity index (χ2v) is 3.21. The third-order valence-electron chi connectivity index (χ3n) is 2.23. The van der Waals surface area contributed by atoms with Crippen molar-refractivity contribution in [3.63, 3.8) is 0 Å². The first kappa shape index (κ1) is 9.52. The molecule has 3 heteroatoms. The number of methoxy groups -OCH3 is 1. The summed E-state index contributed by atoms with van der Waals surface area (Å²) < 4.78 is 10.0. The van der Waals surface area contributed by atoms with Crippen LogP contribution in [0.5, 0.6) is 0 Å². The SMILES string of the molecule is COC(=O)[C@H](C)OC1CCCC1. The van der Waals surface area contributed by atoms with Crippen molar-refractivity contribution >= 4 is 5.97 Å². The highest BCUT2D eigenvalue weighted by Gasteiger charge is 2.22. The summed E-state index contributed by atoms with van der Waals surface area (Å²) in [5.41, 5.74) is 0. The predicted molar refractivity (Wildman–Crippen MR) is 44.8 cm³/mol. The van der Waals surface area contributed by atoms with Crippen LogP contribution in [0.4, 0.5) is 0 Å². The molecule has 70 valence electrons. The van der Waals surface area contributed by atoms with Crippen LogP contribution in [0.25, 0.3) is 0 Å². The van der Waals surface area contributed by atoms with Gasteiger partial charge in [0, 0.05) is 0 Å². The molecule has 12 heavy (non-hydrogen) atoms. The van der Waals surface area contributed by atoms with Crippen molar-refractivity contribution in [1.82, 2.24) is 0 Å². The number of hydrogen-bond donors (Lipinski definition) is 0. The molecule has 0 aliphatic heterocycles. The normalized spacial score (nSPS) is 20.8. The minimum Gasteiger partial charge on any atom is -0.467 e. The zero-order valence-electron chi connectivity index (χ0n) is 7.71. The summed E-state index contributed by atoms with van der Waals surface area (Å²) in [6.07, 6.45) is 4.48. The molecule has 0 aromatic heterocycles. The fourth-order valence-electron chi connectivity index (χ4n) is 1.53. The first-order valence-corrected chi connectivity index (χ1v) is 4.47. The van der Waals surface area contributed by atoms with Crippen LogP contribution in [0.2, 0.25) is 0 Å². The molecule has 1 rings (SSSR count). The summed E-state index contributed by atoms with van der Waals surface area (Å²) in [4.78, 5) is 11.0. The number of rotatable bonds is 3. The quantitative estimate of drug-likeness (QED) is 0.605. The van der Waals surface area contributed by atoms with E-state index in [0.717, 1.165) is 12.8 Å². The van der Waals surface area contributed by atoms with Gasteiger partial charge in [0.05, 0.1) is 13.2 Å². The van der Waals surface area contributed by atoms with Gasteiger partial charge in [0.2, 0.25) is 0 Å². The average molecular weight is 172 g/mol. The van der Waals surface area contributed by atoms with Gasteiger partial charge in [-0.2, -0.15) is 0 Å². The Kier molecular flexibility index (Phi) is 3.53. The molecule has 0 radical (unpaired) electrons. The summed E-state index contributed by atoms with van der Waals surface area (Å²) in [7, 11) is 1.39. The van der Waals surface area contributed by atoms with Gasteiger partial charge in [-0.1, -0.05) is 12.8 Å². The van der Waals surface area contributed by atoms with Gasteiger partial charge in [0.1, 0.15) is 0 Å². The predicted octanol–water partition coefficient (Wildman–Crippen LogP) is 1.51.